The molecule has 0 saturated heterocycles. The number of ether oxygens (including phenoxy) is 1. The monoisotopic (exact) mass is 243 g/mol. The Labute approximate surface area is 100 Å². The van der Waals surface area contributed by atoms with Crippen LogP contribution in [0, 0.1) is 5.41 Å². The van der Waals surface area contributed by atoms with Crippen LogP contribution in [0.15, 0.2) is 17.5 Å². The highest BCUT2D eigenvalue weighted by Gasteiger charge is 2.20. The fourth-order valence-electron chi connectivity index (χ4n) is 1.02. The van der Waals surface area contributed by atoms with Crippen molar-refractivity contribution in [3.8, 4) is 0 Å². The van der Waals surface area contributed by atoms with Gasteiger partial charge in [0.25, 0.3) is 0 Å². The third kappa shape index (κ3) is 4.28. The van der Waals surface area contributed by atoms with Crippen LogP contribution in [0.2, 0.25) is 0 Å². The molecular weight excluding hydrogens is 226 g/mol. The van der Waals surface area contributed by atoms with E-state index in [9.17, 15) is 0 Å². The third-order valence-corrected chi connectivity index (χ3v) is 3.77. The van der Waals surface area contributed by atoms with Gasteiger partial charge in [0.15, 0.2) is 0 Å². The van der Waals surface area contributed by atoms with Crippen molar-refractivity contribution in [2.75, 3.05) is 6.61 Å². The van der Waals surface area contributed by atoms with Crippen LogP contribution in [0.3, 0.4) is 0 Å². The van der Waals surface area contributed by atoms with Crippen molar-refractivity contribution in [1.82, 2.24) is 0 Å². The molecule has 84 valence electrons. The number of thiophene rings is 1. The van der Waals surface area contributed by atoms with E-state index in [1.54, 1.807) is 11.3 Å². The normalized spacial score (nSPS) is 11.6. The highest BCUT2D eigenvalue weighted by molar-refractivity contribution is 7.80. The SMILES string of the molecule is CC(C)(CCOCc1cccs1)C(N)=S. The van der Waals surface area contributed by atoms with E-state index in [1.807, 2.05) is 19.9 Å². The minimum absolute atomic E-state index is 0.106. The summed E-state index contributed by atoms with van der Waals surface area (Å²) in [5, 5.41) is 2.05. The zero-order chi connectivity index (χ0) is 11.3. The fourth-order valence-corrected chi connectivity index (χ4v) is 1.76. The van der Waals surface area contributed by atoms with Gasteiger partial charge in [-0.25, -0.2) is 0 Å². The average molecular weight is 243 g/mol. The van der Waals surface area contributed by atoms with Crippen LogP contribution in [-0.4, -0.2) is 11.6 Å². The van der Waals surface area contributed by atoms with Gasteiger partial charge in [-0.3, -0.25) is 0 Å². The van der Waals surface area contributed by atoms with E-state index >= 15 is 0 Å². The largest absolute Gasteiger partial charge is 0.393 e. The molecule has 1 rings (SSSR count). The van der Waals surface area contributed by atoms with Crippen molar-refractivity contribution in [3.63, 3.8) is 0 Å². The molecule has 15 heavy (non-hydrogen) atoms. The van der Waals surface area contributed by atoms with Crippen molar-refractivity contribution in [2.45, 2.75) is 26.9 Å². The van der Waals surface area contributed by atoms with Gasteiger partial charge in [0.05, 0.1) is 11.6 Å². The standard InChI is InChI=1S/C11H17NOS2/c1-11(2,10(12)14)5-6-13-8-9-4-3-7-15-9/h3-4,7H,5-6,8H2,1-2H3,(H2,12,14). The van der Waals surface area contributed by atoms with Crippen LogP contribution in [0.4, 0.5) is 0 Å². The van der Waals surface area contributed by atoms with Crippen LogP contribution in [0.5, 0.6) is 0 Å². The summed E-state index contributed by atoms with van der Waals surface area (Å²) in [5.41, 5.74) is 5.52. The van der Waals surface area contributed by atoms with Gasteiger partial charge in [0, 0.05) is 16.9 Å². The van der Waals surface area contributed by atoms with Crippen LogP contribution in [-0.2, 0) is 11.3 Å². The molecule has 0 bridgehead atoms. The zero-order valence-corrected chi connectivity index (χ0v) is 10.8. The van der Waals surface area contributed by atoms with Crippen molar-refractivity contribution in [1.29, 1.82) is 0 Å². The first kappa shape index (κ1) is 12.6. The van der Waals surface area contributed by atoms with Crippen molar-refractivity contribution < 1.29 is 4.74 Å². The van der Waals surface area contributed by atoms with E-state index in [1.165, 1.54) is 4.88 Å². The summed E-state index contributed by atoms with van der Waals surface area (Å²) < 4.78 is 5.56. The summed E-state index contributed by atoms with van der Waals surface area (Å²) in [5.74, 6) is 0. The van der Waals surface area contributed by atoms with Crippen LogP contribution in [0.25, 0.3) is 0 Å². The van der Waals surface area contributed by atoms with Gasteiger partial charge in [-0.05, 0) is 17.9 Å². The van der Waals surface area contributed by atoms with E-state index in [0.29, 0.717) is 18.2 Å². The molecule has 0 unspecified atom stereocenters. The lowest BCUT2D eigenvalue weighted by atomic mass is 9.90. The van der Waals surface area contributed by atoms with Gasteiger partial charge in [0.1, 0.15) is 0 Å². The van der Waals surface area contributed by atoms with E-state index in [4.69, 9.17) is 22.7 Å². The van der Waals surface area contributed by atoms with Gasteiger partial charge >= 0.3 is 0 Å². The van der Waals surface area contributed by atoms with Crippen molar-refractivity contribution in [3.05, 3.63) is 22.4 Å². The third-order valence-electron chi connectivity index (χ3n) is 2.36. The molecule has 0 aromatic carbocycles. The molecule has 0 radical (unpaired) electrons. The zero-order valence-electron chi connectivity index (χ0n) is 9.16. The Morgan fingerprint density at radius 3 is 2.87 bits per heavy atom. The van der Waals surface area contributed by atoms with Crippen molar-refractivity contribution in [2.24, 2.45) is 11.1 Å². The molecule has 1 heterocycles. The summed E-state index contributed by atoms with van der Waals surface area (Å²) in [4.78, 5) is 1.81. The van der Waals surface area contributed by atoms with E-state index in [-0.39, 0.29) is 5.41 Å². The first-order valence-electron chi connectivity index (χ1n) is 4.92. The Morgan fingerprint density at radius 1 is 1.60 bits per heavy atom. The Morgan fingerprint density at radius 2 is 2.33 bits per heavy atom. The lowest BCUT2D eigenvalue weighted by Gasteiger charge is -2.22. The fraction of sp³-hybridized carbons (Fsp3) is 0.545. The molecule has 0 aliphatic heterocycles. The predicted octanol–water partition coefficient (Wildman–Crippen LogP) is 2.97. The Balaban J connectivity index is 2.19. The molecule has 1 aromatic rings. The van der Waals surface area contributed by atoms with Crippen LogP contribution in [0.1, 0.15) is 25.1 Å². The molecule has 4 heteroatoms. The highest BCUT2D eigenvalue weighted by Crippen LogP contribution is 2.20. The number of rotatable bonds is 6. The first-order valence-corrected chi connectivity index (χ1v) is 6.21. The summed E-state index contributed by atoms with van der Waals surface area (Å²) >= 11 is 6.70. The molecule has 1 aromatic heterocycles. The molecule has 0 saturated carbocycles. The van der Waals surface area contributed by atoms with Gasteiger partial charge in [-0.2, -0.15) is 0 Å². The van der Waals surface area contributed by atoms with Gasteiger partial charge in [-0.15, -0.1) is 11.3 Å². The van der Waals surface area contributed by atoms with Crippen LogP contribution >= 0.6 is 23.6 Å². The summed E-state index contributed by atoms with van der Waals surface area (Å²) in [7, 11) is 0. The summed E-state index contributed by atoms with van der Waals surface area (Å²) in [6.45, 7) is 5.47. The maximum atomic E-state index is 5.62. The second kappa shape index (κ2) is 5.58. The number of hydrogen-bond donors (Lipinski definition) is 1. The summed E-state index contributed by atoms with van der Waals surface area (Å²) in [6, 6.07) is 4.10. The average Bonchev–Trinajstić information content (AvgIpc) is 2.64. The van der Waals surface area contributed by atoms with Gasteiger partial charge < -0.3 is 10.5 Å². The number of hydrogen-bond acceptors (Lipinski definition) is 3. The quantitative estimate of drug-likeness (QED) is 0.616. The van der Waals surface area contributed by atoms with E-state index in [2.05, 4.69) is 11.4 Å². The predicted molar refractivity (Wildman–Crippen MR) is 69.2 cm³/mol. The Hall–Kier alpha value is -0.450. The second-order valence-corrected chi connectivity index (χ2v) is 5.60. The molecule has 0 aliphatic carbocycles. The first-order chi connectivity index (χ1) is 7.02. The number of nitrogens with two attached hydrogens (primary N) is 1. The maximum absolute atomic E-state index is 5.62. The topological polar surface area (TPSA) is 35.2 Å². The molecule has 0 aliphatic rings. The van der Waals surface area contributed by atoms with Gasteiger partial charge in [0.2, 0.25) is 0 Å². The van der Waals surface area contributed by atoms with E-state index < -0.39 is 0 Å². The summed E-state index contributed by atoms with van der Waals surface area (Å²) in [6.07, 6.45) is 0.869. The smallest absolute Gasteiger partial charge is 0.0809 e. The molecule has 0 amide bonds. The molecule has 0 fully saturated rings. The second-order valence-electron chi connectivity index (χ2n) is 4.13. The van der Waals surface area contributed by atoms with Crippen LogP contribution < -0.4 is 5.73 Å². The minimum Gasteiger partial charge on any atom is -0.393 e. The molecular formula is C11H17NOS2. The molecule has 0 atom stereocenters. The lowest BCUT2D eigenvalue weighted by molar-refractivity contribution is 0.106. The van der Waals surface area contributed by atoms with Gasteiger partial charge in [-0.1, -0.05) is 32.1 Å². The Kier molecular flexibility index (Phi) is 4.70. The molecule has 2 nitrogen and oxygen atoms in total. The minimum atomic E-state index is -0.106. The molecule has 0 spiro atoms. The highest BCUT2D eigenvalue weighted by atomic mass is 32.1. The van der Waals surface area contributed by atoms with Crippen molar-refractivity contribution >= 4 is 28.5 Å². The number of thiocarbonyl (C=S) groups is 1. The molecule has 2 N–H and O–H groups in total. The van der Waals surface area contributed by atoms with E-state index in [0.717, 1.165) is 6.42 Å². The maximum Gasteiger partial charge on any atom is 0.0809 e. The lowest BCUT2D eigenvalue weighted by Crippen LogP contribution is -2.30. The Bertz CT molecular complexity index is 306.